The highest BCUT2D eigenvalue weighted by Crippen LogP contribution is 2.10. The lowest BCUT2D eigenvalue weighted by Crippen LogP contribution is -2.50. The summed E-state index contributed by atoms with van der Waals surface area (Å²) in [6.07, 6.45) is 3.39. The highest BCUT2D eigenvalue weighted by molar-refractivity contribution is 5.78. The summed E-state index contributed by atoms with van der Waals surface area (Å²) in [5, 5.41) is 0. The van der Waals surface area contributed by atoms with E-state index in [0.29, 0.717) is 12.5 Å². The van der Waals surface area contributed by atoms with Gasteiger partial charge in [-0.2, -0.15) is 0 Å². The lowest BCUT2D eigenvalue weighted by atomic mass is 10.3. The Balaban J connectivity index is 1.27. The number of carbonyl (C=O) groups is 1. The van der Waals surface area contributed by atoms with Crippen LogP contribution in [0, 0.1) is 0 Å². The first-order valence-electron chi connectivity index (χ1n) is 9.21. The SMILES string of the molecule is O=C(CN1CCN(CCCOc2ccccc2)CC1)N1CCCC1. The molecule has 2 aliphatic heterocycles. The van der Waals surface area contributed by atoms with Crippen molar-refractivity contribution in [1.29, 1.82) is 0 Å². The van der Waals surface area contributed by atoms with E-state index in [-0.39, 0.29) is 0 Å². The minimum absolute atomic E-state index is 0.317. The maximum atomic E-state index is 12.2. The predicted octanol–water partition coefficient (Wildman–Crippen LogP) is 1.70. The average molecular weight is 331 g/mol. The maximum Gasteiger partial charge on any atom is 0.236 e. The van der Waals surface area contributed by atoms with Crippen LogP contribution in [0.25, 0.3) is 0 Å². The molecule has 2 saturated heterocycles. The van der Waals surface area contributed by atoms with Crippen molar-refractivity contribution in [2.24, 2.45) is 0 Å². The van der Waals surface area contributed by atoms with Crippen LogP contribution in [0.2, 0.25) is 0 Å². The molecule has 2 aliphatic rings. The van der Waals surface area contributed by atoms with Gasteiger partial charge in [-0.15, -0.1) is 0 Å². The van der Waals surface area contributed by atoms with Gasteiger partial charge in [-0.25, -0.2) is 0 Å². The van der Waals surface area contributed by atoms with Gasteiger partial charge >= 0.3 is 0 Å². The Bertz CT molecular complexity index is 495. The second kappa shape index (κ2) is 9.04. The number of benzene rings is 1. The van der Waals surface area contributed by atoms with Crippen molar-refractivity contribution in [2.75, 3.05) is 59.0 Å². The number of hydrogen-bond donors (Lipinski definition) is 0. The number of nitrogens with zero attached hydrogens (tertiary/aromatic N) is 3. The fourth-order valence-electron chi connectivity index (χ4n) is 3.42. The van der Waals surface area contributed by atoms with Crippen LogP contribution in [0.1, 0.15) is 19.3 Å². The molecule has 5 nitrogen and oxygen atoms in total. The highest BCUT2D eigenvalue weighted by Gasteiger charge is 2.23. The molecule has 1 amide bonds. The molecule has 0 N–H and O–H groups in total. The van der Waals surface area contributed by atoms with E-state index in [9.17, 15) is 4.79 Å². The third-order valence-corrected chi connectivity index (χ3v) is 4.91. The third-order valence-electron chi connectivity index (χ3n) is 4.91. The summed E-state index contributed by atoms with van der Waals surface area (Å²) in [5.74, 6) is 1.26. The quantitative estimate of drug-likeness (QED) is 0.713. The van der Waals surface area contributed by atoms with Crippen LogP contribution in [0.4, 0.5) is 0 Å². The van der Waals surface area contributed by atoms with Crippen molar-refractivity contribution in [3.8, 4) is 5.75 Å². The normalized spacial score (nSPS) is 19.6. The Morgan fingerprint density at radius 1 is 0.917 bits per heavy atom. The molecule has 0 unspecified atom stereocenters. The summed E-state index contributed by atoms with van der Waals surface area (Å²) in [6, 6.07) is 9.99. The van der Waals surface area contributed by atoms with Crippen LogP contribution in [-0.2, 0) is 4.79 Å². The fourth-order valence-corrected chi connectivity index (χ4v) is 3.42. The molecule has 0 atom stereocenters. The molecule has 132 valence electrons. The first-order chi connectivity index (χ1) is 11.8. The molecule has 1 aromatic carbocycles. The second-order valence-electron chi connectivity index (χ2n) is 6.72. The van der Waals surface area contributed by atoms with Crippen molar-refractivity contribution >= 4 is 5.91 Å². The molecule has 2 fully saturated rings. The summed E-state index contributed by atoms with van der Waals surface area (Å²) >= 11 is 0. The molecule has 0 spiro atoms. The van der Waals surface area contributed by atoms with E-state index in [4.69, 9.17) is 4.74 Å². The van der Waals surface area contributed by atoms with Crippen LogP contribution < -0.4 is 4.74 Å². The molecule has 1 aromatic rings. The molecular formula is C19H29N3O2. The van der Waals surface area contributed by atoms with E-state index in [2.05, 4.69) is 9.80 Å². The summed E-state index contributed by atoms with van der Waals surface area (Å²) < 4.78 is 5.74. The number of piperazine rings is 1. The van der Waals surface area contributed by atoms with E-state index in [1.54, 1.807) is 0 Å². The van der Waals surface area contributed by atoms with Gasteiger partial charge in [0, 0.05) is 45.8 Å². The minimum atomic E-state index is 0.317. The zero-order valence-corrected chi connectivity index (χ0v) is 14.5. The standard InChI is InChI=1S/C19H29N3O2/c23-19(22-10-4-5-11-22)17-21-14-12-20(13-15-21)9-6-16-24-18-7-2-1-3-8-18/h1-3,7-8H,4-6,9-17H2. The molecule has 0 aliphatic carbocycles. The number of para-hydroxylation sites is 1. The van der Waals surface area contributed by atoms with Gasteiger partial charge in [-0.1, -0.05) is 18.2 Å². The number of rotatable bonds is 7. The number of ether oxygens (including phenoxy) is 1. The van der Waals surface area contributed by atoms with Gasteiger partial charge in [0.25, 0.3) is 0 Å². The summed E-state index contributed by atoms with van der Waals surface area (Å²) in [6.45, 7) is 8.46. The zero-order valence-electron chi connectivity index (χ0n) is 14.5. The third kappa shape index (κ3) is 5.21. The van der Waals surface area contributed by atoms with Crippen molar-refractivity contribution < 1.29 is 9.53 Å². The lowest BCUT2D eigenvalue weighted by Gasteiger charge is -2.35. The van der Waals surface area contributed by atoms with Crippen molar-refractivity contribution in [3.63, 3.8) is 0 Å². The van der Waals surface area contributed by atoms with Gasteiger partial charge in [-0.05, 0) is 31.4 Å². The van der Waals surface area contributed by atoms with E-state index < -0.39 is 0 Å². The van der Waals surface area contributed by atoms with Gasteiger partial charge in [0.2, 0.25) is 5.91 Å². The molecule has 0 bridgehead atoms. The summed E-state index contributed by atoms with van der Waals surface area (Å²) in [4.78, 5) is 19.0. The smallest absolute Gasteiger partial charge is 0.236 e. The largest absolute Gasteiger partial charge is 0.494 e. The number of hydrogen-bond acceptors (Lipinski definition) is 4. The van der Waals surface area contributed by atoms with Gasteiger partial charge in [0.1, 0.15) is 5.75 Å². The first-order valence-corrected chi connectivity index (χ1v) is 9.21. The van der Waals surface area contributed by atoms with Gasteiger partial charge in [-0.3, -0.25) is 9.69 Å². The summed E-state index contributed by atoms with van der Waals surface area (Å²) in [5.41, 5.74) is 0. The van der Waals surface area contributed by atoms with E-state index >= 15 is 0 Å². The Kier molecular flexibility index (Phi) is 6.49. The Labute approximate surface area is 145 Å². The molecule has 0 saturated carbocycles. The number of carbonyl (C=O) groups excluding carboxylic acids is 1. The van der Waals surface area contributed by atoms with Gasteiger partial charge in [0.15, 0.2) is 0 Å². The Hall–Kier alpha value is -1.59. The molecule has 2 heterocycles. The fraction of sp³-hybridized carbons (Fsp3) is 0.632. The first kappa shape index (κ1) is 17.2. The maximum absolute atomic E-state index is 12.2. The van der Waals surface area contributed by atoms with Gasteiger partial charge in [0.05, 0.1) is 13.2 Å². The van der Waals surface area contributed by atoms with E-state index in [0.717, 1.165) is 64.6 Å². The van der Waals surface area contributed by atoms with Crippen LogP contribution in [-0.4, -0.2) is 79.6 Å². The minimum Gasteiger partial charge on any atom is -0.494 e. The van der Waals surface area contributed by atoms with Gasteiger partial charge < -0.3 is 14.5 Å². The predicted molar refractivity (Wildman–Crippen MR) is 95.2 cm³/mol. The Morgan fingerprint density at radius 3 is 2.29 bits per heavy atom. The summed E-state index contributed by atoms with van der Waals surface area (Å²) in [7, 11) is 0. The average Bonchev–Trinajstić information content (AvgIpc) is 3.16. The molecule has 0 radical (unpaired) electrons. The molecule has 24 heavy (non-hydrogen) atoms. The molecular weight excluding hydrogens is 302 g/mol. The van der Waals surface area contributed by atoms with Crippen LogP contribution >= 0.6 is 0 Å². The molecule has 0 aromatic heterocycles. The lowest BCUT2D eigenvalue weighted by molar-refractivity contribution is -0.131. The highest BCUT2D eigenvalue weighted by atomic mass is 16.5. The molecule has 3 rings (SSSR count). The van der Waals surface area contributed by atoms with Crippen molar-refractivity contribution in [3.05, 3.63) is 30.3 Å². The second-order valence-corrected chi connectivity index (χ2v) is 6.72. The van der Waals surface area contributed by atoms with E-state index in [1.807, 2.05) is 35.2 Å². The number of amides is 1. The Morgan fingerprint density at radius 2 is 1.58 bits per heavy atom. The van der Waals surface area contributed by atoms with Crippen molar-refractivity contribution in [1.82, 2.24) is 14.7 Å². The number of likely N-dealkylation sites (tertiary alicyclic amines) is 1. The van der Waals surface area contributed by atoms with Crippen LogP contribution in [0.5, 0.6) is 5.75 Å². The monoisotopic (exact) mass is 331 g/mol. The zero-order chi connectivity index (χ0) is 16.6. The van der Waals surface area contributed by atoms with E-state index in [1.165, 1.54) is 12.8 Å². The van der Waals surface area contributed by atoms with Crippen molar-refractivity contribution in [2.45, 2.75) is 19.3 Å². The molecule has 5 heteroatoms. The van der Waals surface area contributed by atoms with Crippen LogP contribution in [0.3, 0.4) is 0 Å². The van der Waals surface area contributed by atoms with Crippen LogP contribution in [0.15, 0.2) is 30.3 Å². The topological polar surface area (TPSA) is 36.0 Å².